The molecule has 0 spiro atoms. The van der Waals surface area contributed by atoms with Crippen molar-refractivity contribution < 1.29 is 8.91 Å². The van der Waals surface area contributed by atoms with Crippen LogP contribution in [0.3, 0.4) is 0 Å². The summed E-state index contributed by atoms with van der Waals surface area (Å²) in [5.74, 6) is 1.25. The van der Waals surface area contributed by atoms with Gasteiger partial charge in [0.2, 0.25) is 11.7 Å². The Labute approximate surface area is 111 Å². The first-order chi connectivity index (χ1) is 9.24. The fourth-order valence-corrected chi connectivity index (χ4v) is 2.45. The lowest BCUT2D eigenvalue weighted by molar-refractivity contribution is 0.322. The molecule has 4 nitrogen and oxygen atoms in total. The molecule has 1 atom stereocenters. The van der Waals surface area contributed by atoms with Gasteiger partial charge < -0.3 is 9.84 Å². The van der Waals surface area contributed by atoms with E-state index in [-0.39, 0.29) is 11.7 Å². The number of hydrogen-bond acceptors (Lipinski definition) is 4. The van der Waals surface area contributed by atoms with Gasteiger partial charge in [-0.3, -0.25) is 0 Å². The molecule has 3 rings (SSSR count). The van der Waals surface area contributed by atoms with Crippen molar-refractivity contribution in [2.45, 2.75) is 25.7 Å². The molecule has 2 heterocycles. The number of aryl methyl sites for hydroxylation is 1. The summed E-state index contributed by atoms with van der Waals surface area (Å²) in [7, 11) is 0. The molecular formula is C14H16FN3O. The van der Waals surface area contributed by atoms with Gasteiger partial charge >= 0.3 is 0 Å². The molecule has 1 aromatic heterocycles. The minimum Gasteiger partial charge on any atom is -0.339 e. The van der Waals surface area contributed by atoms with Crippen LogP contribution in [-0.2, 0) is 0 Å². The molecular weight excluding hydrogens is 245 g/mol. The first-order valence-electron chi connectivity index (χ1n) is 6.55. The van der Waals surface area contributed by atoms with E-state index in [2.05, 4.69) is 15.5 Å². The predicted octanol–water partition coefficient (Wildman–Crippen LogP) is 2.65. The number of nitrogens with one attached hydrogen (secondary N) is 1. The molecule has 1 N–H and O–H groups in total. The molecule has 1 aromatic carbocycles. The highest BCUT2D eigenvalue weighted by molar-refractivity contribution is 5.59. The Morgan fingerprint density at radius 3 is 3.05 bits per heavy atom. The standard InChI is InChI=1S/C14H16FN3O/c1-9-7-11(15)4-5-12(9)13-17-14(19-18-13)10-3-2-6-16-8-10/h4-5,7,10,16H,2-3,6,8H2,1H3/t10-/m0/s1. The SMILES string of the molecule is Cc1cc(F)ccc1-c1noc([C@H]2CCCNC2)n1. The highest BCUT2D eigenvalue weighted by Gasteiger charge is 2.22. The number of piperidine rings is 1. The Kier molecular flexibility index (Phi) is 3.29. The number of hydrogen-bond donors (Lipinski definition) is 1. The molecule has 0 amide bonds. The van der Waals surface area contributed by atoms with Crippen molar-refractivity contribution in [3.8, 4) is 11.4 Å². The fraction of sp³-hybridized carbons (Fsp3) is 0.429. The van der Waals surface area contributed by atoms with Gasteiger partial charge in [0.1, 0.15) is 5.82 Å². The minimum absolute atomic E-state index is 0.249. The van der Waals surface area contributed by atoms with Gasteiger partial charge in [-0.15, -0.1) is 0 Å². The van der Waals surface area contributed by atoms with Crippen LogP contribution in [0.25, 0.3) is 11.4 Å². The van der Waals surface area contributed by atoms with Gasteiger partial charge in [0.15, 0.2) is 0 Å². The Hall–Kier alpha value is -1.75. The molecule has 100 valence electrons. The van der Waals surface area contributed by atoms with E-state index >= 15 is 0 Å². The van der Waals surface area contributed by atoms with E-state index in [0.29, 0.717) is 11.7 Å². The van der Waals surface area contributed by atoms with Gasteiger partial charge in [-0.25, -0.2) is 4.39 Å². The van der Waals surface area contributed by atoms with Gasteiger partial charge in [0.05, 0.1) is 5.92 Å². The maximum absolute atomic E-state index is 13.1. The number of aromatic nitrogens is 2. The highest BCUT2D eigenvalue weighted by atomic mass is 19.1. The molecule has 19 heavy (non-hydrogen) atoms. The smallest absolute Gasteiger partial charge is 0.231 e. The topological polar surface area (TPSA) is 51.0 Å². The van der Waals surface area contributed by atoms with Gasteiger partial charge in [0.25, 0.3) is 0 Å². The van der Waals surface area contributed by atoms with E-state index in [1.807, 2.05) is 6.92 Å². The largest absolute Gasteiger partial charge is 0.339 e. The second-order valence-electron chi connectivity index (χ2n) is 4.96. The Morgan fingerprint density at radius 2 is 2.32 bits per heavy atom. The normalized spacial score (nSPS) is 19.6. The third-order valence-corrected chi connectivity index (χ3v) is 3.52. The number of nitrogens with zero attached hydrogens (tertiary/aromatic N) is 2. The van der Waals surface area contributed by atoms with Crippen molar-refractivity contribution in [3.05, 3.63) is 35.5 Å². The lowest BCUT2D eigenvalue weighted by Crippen LogP contribution is -2.28. The lowest BCUT2D eigenvalue weighted by atomic mass is 10.00. The first-order valence-corrected chi connectivity index (χ1v) is 6.55. The zero-order chi connectivity index (χ0) is 13.2. The van der Waals surface area contributed by atoms with Gasteiger partial charge in [-0.2, -0.15) is 4.98 Å². The van der Waals surface area contributed by atoms with Crippen molar-refractivity contribution in [2.75, 3.05) is 13.1 Å². The molecule has 1 saturated heterocycles. The number of rotatable bonds is 2. The van der Waals surface area contributed by atoms with Crippen LogP contribution in [0, 0.1) is 12.7 Å². The van der Waals surface area contributed by atoms with Crippen molar-refractivity contribution in [1.29, 1.82) is 0 Å². The Morgan fingerprint density at radius 1 is 1.42 bits per heavy atom. The number of benzene rings is 1. The highest BCUT2D eigenvalue weighted by Crippen LogP contribution is 2.26. The second kappa shape index (κ2) is 5.09. The average Bonchev–Trinajstić information content (AvgIpc) is 2.89. The van der Waals surface area contributed by atoms with Gasteiger partial charge in [-0.1, -0.05) is 5.16 Å². The third-order valence-electron chi connectivity index (χ3n) is 3.52. The quantitative estimate of drug-likeness (QED) is 0.903. The molecule has 1 aliphatic heterocycles. The van der Waals surface area contributed by atoms with E-state index in [1.54, 1.807) is 6.07 Å². The molecule has 0 radical (unpaired) electrons. The summed E-state index contributed by atoms with van der Waals surface area (Å²) in [6, 6.07) is 4.59. The Balaban J connectivity index is 1.87. The summed E-state index contributed by atoms with van der Waals surface area (Å²) in [4.78, 5) is 4.45. The van der Waals surface area contributed by atoms with Crippen LogP contribution in [-0.4, -0.2) is 23.2 Å². The molecule has 1 aliphatic rings. The van der Waals surface area contributed by atoms with Crippen molar-refractivity contribution in [2.24, 2.45) is 0 Å². The van der Waals surface area contributed by atoms with Crippen molar-refractivity contribution in [1.82, 2.24) is 15.5 Å². The zero-order valence-electron chi connectivity index (χ0n) is 10.8. The summed E-state index contributed by atoms with van der Waals surface area (Å²) in [6.45, 7) is 3.77. The van der Waals surface area contributed by atoms with E-state index in [9.17, 15) is 4.39 Å². The summed E-state index contributed by atoms with van der Waals surface area (Å²) >= 11 is 0. The maximum atomic E-state index is 13.1. The first kappa shape index (κ1) is 12.3. The second-order valence-corrected chi connectivity index (χ2v) is 4.96. The maximum Gasteiger partial charge on any atom is 0.231 e. The Bertz CT molecular complexity index is 576. The van der Waals surface area contributed by atoms with Crippen LogP contribution in [0.5, 0.6) is 0 Å². The van der Waals surface area contributed by atoms with E-state index in [1.165, 1.54) is 12.1 Å². The average molecular weight is 261 g/mol. The van der Waals surface area contributed by atoms with Crippen LogP contribution >= 0.6 is 0 Å². The van der Waals surface area contributed by atoms with Crippen molar-refractivity contribution >= 4 is 0 Å². The van der Waals surface area contributed by atoms with Crippen LogP contribution in [0.1, 0.15) is 30.2 Å². The molecule has 5 heteroatoms. The van der Waals surface area contributed by atoms with Crippen LogP contribution in [0.4, 0.5) is 4.39 Å². The summed E-state index contributed by atoms with van der Waals surface area (Å²) in [5.41, 5.74) is 1.63. The monoisotopic (exact) mass is 261 g/mol. The summed E-state index contributed by atoms with van der Waals surface area (Å²) in [6.07, 6.45) is 2.19. The minimum atomic E-state index is -0.249. The predicted molar refractivity (Wildman–Crippen MR) is 69.3 cm³/mol. The molecule has 2 aromatic rings. The molecule has 0 unspecified atom stereocenters. The van der Waals surface area contributed by atoms with Crippen LogP contribution < -0.4 is 5.32 Å². The molecule has 0 saturated carbocycles. The van der Waals surface area contributed by atoms with Gasteiger partial charge in [-0.05, 0) is 50.1 Å². The molecule has 0 bridgehead atoms. The number of halogens is 1. The molecule has 0 aliphatic carbocycles. The fourth-order valence-electron chi connectivity index (χ4n) is 2.45. The van der Waals surface area contributed by atoms with E-state index in [4.69, 9.17) is 4.52 Å². The van der Waals surface area contributed by atoms with E-state index in [0.717, 1.165) is 37.1 Å². The lowest BCUT2D eigenvalue weighted by Gasteiger charge is -2.18. The molecule has 1 fully saturated rings. The summed E-state index contributed by atoms with van der Waals surface area (Å²) in [5, 5.41) is 7.34. The van der Waals surface area contributed by atoms with E-state index < -0.39 is 0 Å². The summed E-state index contributed by atoms with van der Waals surface area (Å²) < 4.78 is 18.4. The van der Waals surface area contributed by atoms with Crippen LogP contribution in [0.2, 0.25) is 0 Å². The van der Waals surface area contributed by atoms with Crippen molar-refractivity contribution in [3.63, 3.8) is 0 Å². The zero-order valence-corrected chi connectivity index (χ0v) is 10.8. The van der Waals surface area contributed by atoms with Crippen LogP contribution in [0.15, 0.2) is 22.7 Å². The van der Waals surface area contributed by atoms with Gasteiger partial charge in [0, 0.05) is 12.1 Å². The third kappa shape index (κ3) is 2.51.